The maximum absolute atomic E-state index is 11.2. The van der Waals surface area contributed by atoms with Crippen LogP contribution in [0.2, 0.25) is 0 Å². The second-order valence-corrected chi connectivity index (χ2v) is 3.23. The highest BCUT2D eigenvalue weighted by molar-refractivity contribution is 5.77. The molecule has 0 aliphatic heterocycles. The van der Waals surface area contributed by atoms with Crippen LogP contribution >= 0.6 is 0 Å². The van der Waals surface area contributed by atoms with E-state index in [4.69, 9.17) is 11.2 Å². The number of nitrogens with one attached hydrogen (secondary N) is 1. The molecule has 0 unspecified atom stereocenters. The van der Waals surface area contributed by atoms with Gasteiger partial charge in [0.2, 0.25) is 0 Å². The Morgan fingerprint density at radius 2 is 2.25 bits per heavy atom. The molecule has 0 fully saturated rings. The number of terminal acetylenes is 1. The van der Waals surface area contributed by atoms with Crippen molar-refractivity contribution >= 4 is 5.91 Å². The van der Waals surface area contributed by atoms with E-state index in [1.165, 1.54) is 0 Å². The van der Waals surface area contributed by atoms with Crippen molar-refractivity contribution in [3.63, 3.8) is 0 Å². The number of para-hydroxylation sites is 1. The molecule has 0 bridgehead atoms. The van der Waals surface area contributed by atoms with Gasteiger partial charge >= 0.3 is 0 Å². The number of aryl methyl sites for hydroxylation is 1. The van der Waals surface area contributed by atoms with Gasteiger partial charge in [-0.05, 0) is 18.1 Å². The van der Waals surface area contributed by atoms with Crippen LogP contribution in [0.3, 0.4) is 0 Å². The van der Waals surface area contributed by atoms with Gasteiger partial charge in [0.15, 0.2) is 6.61 Å². The van der Waals surface area contributed by atoms with Crippen LogP contribution in [0, 0.1) is 12.3 Å². The zero-order chi connectivity index (χ0) is 11.8. The summed E-state index contributed by atoms with van der Waals surface area (Å²) >= 11 is 0. The number of rotatable bonds is 5. The second kappa shape index (κ2) is 6.52. The lowest BCUT2D eigenvalue weighted by molar-refractivity contribution is -0.122. The van der Waals surface area contributed by atoms with Gasteiger partial charge in [-0.3, -0.25) is 4.79 Å². The molecule has 0 aliphatic rings. The lowest BCUT2D eigenvalue weighted by Crippen LogP contribution is -2.29. The topological polar surface area (TPSA) is 38.3 Å². The van der Waals surface area contributed by atoms with Crippen molar-refractivity contribution < 1.29 is 9.53 Å². The van der Waals surface area contributed by atoms with Gasteiger partial charge in [-0.15, -0.1) is 6.42 Å². The van der Waals surface area contributed by atoms with Crippen molar-refractivity contribution in [3.8, 4) is 18.1 Å². The van der Waals surface area contributed by atoms with Gasteiger partial charge in [-0.2, -0.15) is 0 Å². The van der Waals surface area contributed by atoms with E-state index < -0.39 is 0 Å². The van der Waals surface area contributed by atoms with Gasteiger partial charge in [0, 0.05) is 0 Å². The summed E-state index contributed by atoms with van der Waals surface area (Å²) in [5.41, 5.74) is 1.09. The minimum absolute atomic E-state index is 0.00130. The predicted molar refractivity (Wildman–Crippen MR) is 63.2 cm³/mol. The molecule has 0 aromatic heterocycles. The third kappa shape index (κ3) is 3.66. The van der Waals surface area contributed by atoms with E-state index in [1.54, 1.807) is 0 Å². The summed E-state index contributed by atoms with van der Waals surface area (Å²) in [5.74, 6) is 2.88. The largest absolute Gasteiger partial charge is 0.483 e. The van der Waals surface area contributed by atoms with Gasteiger partial charge in [-0.25, -0.2) is 0 Å². The van der Waals surface area contributed by atoms with Gasteiger partial charge in [0.05, 0.1) is 6.54 Å². The first-order valence-electron chi connectivity index (χ1n) is 5.18. The van der Waals surface area contributed by atoms with Crippen LogP contribution in [-0.2, 0) is 11.2 Å². The van der Waals surface area contributed by atoms with E-state index >= 15 is 0 Å². The van der Waals surface area contributed by atoms with E-state index in [-0.39, 0.29) is 19.1 Å². The fourth-order valence-corrected chi connectivity index (χ4v) is 1.28. The zero-order valence-corrected chi connectivity index (χ0v) is 9.32. The van der Waals surface area contributed by atoms with Crippen molar-refractivity contribution in [2.24, 2.45) is 0 Å². The molecule has 1 aromatic rings. The van der Waals surface area contributed by atoms with Crippen molar-refractivity contribution in [3.05, 3.63) is 29.8 Å². The molecule has 0 atom stereocenters. The van der Waals surface area contributed by atoms with Crippen molar-refractivity contribution in [1.82, 2.24) is 5.32 Å². The van der Waals surface area contributed by atoms with E-state index in [2.05, 4.69) is 11.2 Å². The molecule has 3 heteroatoms. The lowest BCUT2D eigenvalue weighted by Gasteiger charge is -2.09. The maximum atomic E-state index is 11.2. The number of benzene rings is 1. The summed E-state index contributed by atoms with van der Waals surface area (Å²) in [5, 5.41) is 2.54. The fraction of sp³-hybridized carbons (Fsp3) is 0.308. The first-order chi connectivity index (χ1) is 7.77. The Morgan fingerprint density at radius 1 is 1.50 bits per heavy atom. The smallest absolute Gasteiger partial charge is 0.258 e. The SMILES string of the molecule is C#CCNC(=O)COc1ccccc1CC. The Bertz CT molecular complexity index is 393. The van der Waals surface area contributed by atoms with E-state index in [0.29, 0.717) is 0 Å². The number of hydrogen-bond donors (Lipinski definition) is 1. The Balaban J connectivity index is 2.48. The van der Waals surface area contributed by atoms with Crippen LogP contribution in [0.4, 0.5) is 0 Å². The summed E-state index contributed by atoms with van der Waals surface area (Å²) in [4.78, 5) is 11.2. The summed E-state index contributed by atoms with van der Waals surface area (Å²) in [6.07, 6.45) is 5.90. The molecular formula is C13H15NO2. The molecule has 0 aliphatic carbocycles. The van der Waals surface area contributed by atoms with E-state index in [9.17, 15) is 4.79 Å². The average molecular weight is 217 g/mol. The van der Waals surface area contributed by atoms with Crippen molar-refractivity contribution in [2.45, 2.75) is 13.3 Å². The quantitative estimate of drug-likeness (QED) is 0.757. The highest BCUT2D eigenvalue weighted by atomic mass is 16.5. The van der Waals surface area contributed by atoms with Gasteiger partial charge in [0.25, 0.3) is 5.91 Å². The Kier molecular flexibility index (Phi) is 4.94. The molecule has 1 aromatic carbocycles. The molecule has 1 rings (SSSR count). The van der Waals surface area contributed by atoms with Crippen LogP contribution in [-0.4, -0.2) is 19.1 Å². The standard InChI is InChI=1S/C13H15NO2/c1-3-9-14-13(15)10-16-12-8-6-5-7-11(12)4-2/h1,5-8H,4,9-10H2,2H3,(H,14,15). The van der Waals surface area contributed by atoms with E-state index in [1.807, 2.05) is 31.2 Å². The van der Waals surface area contributed by atoms with Crippen molar-refractivity contribution in [1.29, 1.82) is 0 Å². The Labute approximate surface area is 95.8 Å². The third-order valence-corrected chi connectivity index (χ3v) is 2.10. The molecule has 0 saturated carbocycles. The lowest BCUT2D eigenvalue weighted by atomic mass is 10.1. The number of ether oxygens (including phenoxy) is 1. The Hall–Kier alpha value is -1.95. The number of hydrogen-bond acceptors (Lipinski definition) is 2. The summed E-state index contributed by atoms with van der Waals surface area (Å²) in [6.45, 7) is 2.27. The summed E-state index contributed by atoms with van der Waals surface area (Å²) in [6, 6.07) is 7.67. The summed E-state index contributed by atoms with van der Waals surface area (Å²) in [7, 11) is 0. The summed E-state index contributed by atoms with van der Waals surface area (Å²) < 4.78 is 5.41. The maximum Gasteiger partial charge on any atom is 0.258 e. The molecule has 1 amide bonds. The molecule has 1 N–H and O–H groups in total. The Morgan fingerprint density at radius 3 is 2.94 bits per heavy atom. The normalized spacial score (nSPS) is 9.25. The fourth-order valence-electron chi connectivity index (χ4n) is 1.28. The molecule has 16 heavy (non-hydrogen) atoms. The first-order valence-corrected chi connectivity index (χ1v) is 5.18. The van der Waals surface area contributed by atoms with Gasteiger partial charge in [-0.1, -0.05) is 31.0 Å². The number of amides is 1. The van der Waals surface area contributed by atoms with Gasteiger partial charge < -0.3 is 10.1 Å². The van der Waals surface area contributed by atoms with Crippen LogP contribution in [0.5, 0.6) is 5.75 Å². The van der Waals surface area contributed by atoms with E-state index in [0.717, 1.165) is 17.7 Å². The van der Waals surface area contributed by atoms with Gasteiger partial charge in [0.1, 0.15) is 5.75 Å². The number of carbonyl (C=O) groups excluding carboxylic acids is 1. The number of carbonyl (C=O) groups is 1. The molecule has 0 radical (unpaired) electrons. The molecule has 3 nitrogen and oxygen atoms in total. The van der Waals surface area contributed by atoms with Crippen molar-refractivity contribution in [2.75, 3.05) is 13.2 Å². The zero-order valence-electron chi connectivity index (χ0n) is 9.32. The molecule has 0 saturated heterocycles. The minimum atomic E-state index is -0.205. The van der Waals surface area contributed by atoms with Crippen LogP contribution in [0.15, 0.2) is 24.3 Å². The highest BCUT2D eigenvalue weighted by Gasteiger charge is 2.04. The second-order valence-electron chi connectivity index (χ2n) is 3.23. The van der Waals surface area contributed by atoms with Crippen LogP contribution in [0.1, 0.15) is 12.5 Å². The average Bonchev–Trinajstić information content (AvgIpc) is 2.34. The first kappa shape index (κ1) is 12.1. The third-order valence-electron chi connectivity index (χ3n) is 2.10. The minimum Gasteiger partial charge on any atom is -0.483 e. The molecule has 0 spiro atoms. The monoisotopic (exact) mass is 217 g/mol. The molecular weight excluding hydrogens is 202 g/mol. The molecule has 0 heterocycles. The van der Waals surface area contributed by atoms with Crippen LogP contribution in [0.25, 0.3) is 0 Å². The predicted octanol–water partition coefficient (Wildman–Crippen LogP) is 1.38. The highest BCUT2D eigenvalue weighted by Crippen LogP contribution is 2.17. The molecule has 84 valence electrons. The van der Waals surface area contributed by atoms with Crippen LogP contribution < -0.4 is 10.1 Å².